The van der Waals surface area contributed by atoms with Crippen molar-refractivity contribution in [2.45, 2.75) is 83.1 Å². The second-order valence-corrected chi connectivity index (χ2v) is 10.0. The second-order valence-electron chi connectivity index (χ2n) is 10.0. The molecule has 1 aromatic heterocycles. The Morgan fingerprint density at radius 2 is 1.70 bits per heavy atom. The SMILES string of the molecule is CCc1nc(=O)n(C2(CCN3C4CCC3CC(OCc3ccccc3C)C4)OC(=O)C(=O)O2)c(=O)n1C. The molecule has 0 spiro atoms. The maximum atomic E-state index is 13.1. The molecule has 11 heteroatoms. The number of fused-ring (bicyclic) bond motifs is 2. The quantitative estimate of drug-likeness (QED) is 0.378. The number of nitrogens with zero attached hydrogens (tertiary/aromatic N) is 4. The average Bonchev–Trinajstić information content (AvgIpc) is 3.29. The largest absolute Gasteiger partial charge is 0.422 e. The van der Waals surface area contributed by atoms with Gasteiger partial charge >= 0.3 is 29.2 Å². The van der Waals surface area contributed by atoms with Crippen molar-refractivity contribution in [2.75, 3.05) is 6.54 Å². The van der Waals surface area contributed by atoms with Gasteiger partial charge in [-0.05, 0) is 43.7 Å². The Kier molecular flexibility index (Phi) is 6.76. The Bertz CT molecular complexity index is 1300. The topological polar surface area (TPSA) is 122 Å². The van der Waals surface area contributed by atoms with Crippen molar-refractivity contribution in [3.05, 3.63) is 62.2 Å². The number of aryl methyl sites for hydroxylation is 2. The zero-order valence-electron chi connectivity index (χ0n) is 21.3. The lowest BCUT2D eigenvalue weighted by Gasteiger charge is -2.40. The van der Waals surface area contributed by atoms with Gasteiger partial charge in [0.15, 0.2) is 0 Å². The van der Waals surface area contributed by atoms with Gasteiger partial charge in [0.05, 0.1) is 19.1 Å². The number of cyclic esters (lactones) is 2. The molecule has 2 bridgehead atoms. The van der Waals surface area contributed by atoms with Gasteiger partial charge in [0.25, 0.3) is 0 Å². The number of carbonyl (C=O) groups excluding carboxylic acids is 2. The van der Waals surface area contributed by atoms with Gasteiger partial charge in [0, 0.05) is 32.1 Å². The first-order chi connectivity index (χ1) is 17.7. The van der Waals surface area contributed by atoms with Crippen LogP contribution < -0.4 is 11.4 Å². The molecule has 0 amide bonds. The molecule has 3 aliphatic rings. The lowest BCUT2D eigenvalue weighted by atomic mass is 9.99. The average molecular weight is 513 g/mol. The van der Waals surface area contributed by atoms with Crippen molar-refractivity contribution in [1.29, 1.82) is 0 Å². The van der Waals surface area contributed by atoms with Crippen molar-refractivity contribution >= 4 is 11.9 Å². The fourth-order valence-corrected chi connectivity index (χ4v) is 5.86. The van der Waals surface area contributed by atoms with E-state index in [-0.39, 0.29) is 30.4 Å². The van der Waals surface area contributed by atoms with Crippen molar-refractivity contribution in [3.8, 4) is 0 Å². The Hall–Kier alpha value is -3.31. The zero-order chi connectivity index (χ0) is 26.3. The van der Waals surface area contributed by atoms with Crippen LogP contribution in [-0.2, 0) is 49.8 Å². The summed E-state index contributed by atoms with van der Waals surface area (Å²) in [6.45, 7) is 4.78. The highest BCUT2D eigenvalue weighted by Gasteiger charge is 2.54. The summed E-state index contributed by atoms with van der Waals surface area (Å²) in [5.74, 6) is -4.35. The third-order valence-electron chi connectivity index (χ3n) is 7.87. The normalized spacial score (nSPS) is 24.8. The van der Waals surface area contributed by atoms with Gasteiger partial charge in [-0.2, -0.15) is 9.55 Å². The maximum Gasteiger partial charge on any atom is 0.422 e. The molecule has 2 unspecified atom stereocenters. The molecule has 0 radical (unpaired) electrons. The minimum atomic E-state index is -2.16. The van der Waals surface area contributed by atoms with E-state index in [0.717, 1.165) is 25.7 Å². The Morgan fingerprint density at radius 1 is 1.05 bits per heavy atom. The van der Waals surface area contributed by atoms with Crippen molar-refractivity contribution in [2.24, 2.45) is 7.05 Å². The number of rotatable bonds is 8. The number of piperidine rings is 1. The number of hydrogen-bond acceptors (Lipinski definition) is 9. The van der Waals surface area contributed by atoms with Crippen LogP contribution in [0.5, 0.6) is 0 Å². The number of benzene rings is 1. The summed E-state index contributed by atoms with van der Waals surface area (Å²) in [6, 6.07) is 8.67. The van der Waals surface area contributed by atoms with E-state index in [1.54, 1.807) is 6.92 Å². The summed E-state index contributed by atoms with van der Waals surface area (Å²) >= 11 is 0. The van der Waals surface area contributed by atoms with E-state index in [4.69, 9.17) is 14.2 Å². The molecular formula is C26H32N4O7. The van der Waals surface area contributed by atoms with Crippen LogP contribution >= 0.6 is 0 Å². The van der Waals surface area contributed by atoms with E-state index in [9.17, 15) is 19.2 Å². The molecule has 4 heterocycles. The number of hydrogen-bond donors (Lipinski definition) is 0. The second kappa shape index (κ2) is 9.86. The van der Waals surface area contributed by atoms with Gasteiger partial charge in [-0.15, -0.1) is 0 Å². The van der Waals surface area contributed by atoms with E-state index < -0.39 is 29.2 Å². The third kappa shape index (κ3) is 4.61. The van der Waals surface area contributed by atoms with Gasteiger partial charge in [-0.25, -0.2) is 19.2 Å². The van der Waals surface area contributed by atoms with Crippen LogP contribution in [0.25, 0.3) is 0 Å². The van der Waals surface area contributed by atoms with E-state index in [0.29, 0.717) is 24.1 Å². The molecule has 11 nitrogen and oxygen atoms in total. The van der Waals surface area contributed by atoms with Gasteiger partial charge in [0.1, 0.15) is 5.82 Å². The molecule has 0 saturated carbocycles. The fraction of sp³-hybridized carbons (Fsp3) is 0.577. The van der Waals surface area contributed by atoms with Gasteiger partial charge in [-0.1, -0.05) is 31.2 Å². The molecular weight excluding hydrogens is 480 g/mol. The smallest absolute Gasteiger partial charge is 0.394 e. The predicted molar refractivity (Wildman–Crippen MR) is 130 cm³/mol. The number of carbonyl (C=O) groups is 2. The van der Waals surface area contributed by atoms with E-state index >= 15 is 0 Å². The first-order valence-electron chi connectivity index (χ1n) is 12.8. The summed E-state index contributed by atoms with van der Waals surface area (Å²) in [4.78, 5) is 56.3. The van der Waals surface area contributed by atoms with Gasteiger partial charge < -0.3 is 14.2 Å². The Labute approximate surface area is 214 Å². The summed E-state index contributed by atoms with van der Waals surface area (Å²) in [5, 5.41) is 0. The lowest BCUT2D eigenvalue weighted by Crippen LogP contribution is -2.56. The van der Waals surface area contributed by atoms with Gasteiger partial charge in [-0.3, -0.25) is 9.47 Å². The van der Waals surface area contributed by atoms with Crippen LogP contribution in [0.4, 0.5) is 0 Å². The highest BCUT2D eigenvalue weighted by molar-refractivity contribution is 6.31. The van der Waals surface area contributed by atoms with E-state index in [1.165, 1.54) is 22.7 Å². The summed E-state index contributed by atoms with van der Waals surface area (Å²) in [7, 11) is 1.47. The molecule has 3 fully saturated rings. The molecule has 0 aliphatic carbocycles. The molecule has 0 N–H and O–H groups in total. The van der Waals surface area contributed by atoms with E-state index in [2.05, 4.69) is 28.9 Å². The number of esters is 2. The molecule has 2 aromatic rings. The van der Waals surface area contributed by atoms with E-state index in [1.807, 2.05) is 12.1 Å². The lowest BCUT2D eigenvalue weighted by molar-refractivity contribution is -0.232. The molecule has 5 rings (SSSR count). The van der Waals surface area contributed by atoms with Crippen LogP contribution in [0.1, 0.15) is 56.0 Å². The van der Waals surface area contributed by atoms with Crippen LogP contribution in [0.15, 0.2) is 33.9 Å². The van der Waals surface area contributed by atoms with Crippen LogP contribution in [0.2, 0.25) is 0 Å². The zero-order valence-corrected chi connectivity index (χ0v) is 21.3. The Morgan fingerprint density at radius 3 is 2.32 bits per heavy atom. The fourth-order valence-electron chi connectivity index (χ4n) is 5.86. The molecule has 3 aliphatic heterocycles. The van der Waals surface area contributed by atoms with Gasteiger partial charge in [0.2, 0.25) is 0 Å². The summed E-state index contributed by atoms with van der Waals surface area (Å²) in [6.07, 6.45) is 4.12. The van der Waals surface area contributed by atoms with Crippen LogP contribution in [0.3, 0.4) is 0 Å². The molecule has 198 valence electrons. The summed E-state index contributed by atoms with van der Waals surface area (Å²) in [5.41, 5.74) is 0.704. The number of aromatic nitrogens is 3. The minimum absolute atomic E-state index is 0.0610. The molecule has 1 aromatic carbocycles. The first kappa shape index (κ1) is 25.3. The monoisotopic (exact) mass is 512 g/mol. The van der Waals surface area contributed by atoms with Crippen LogP contribution in [-0.4, -0.2) is 55.7 Å². The van der Waals surface area contributed by atoms with Crippen molar-refractivity contribution < 1.29 is 23.8 Å². The molecule has 3 saturated heterocycles. The van der Waals surface area contributed by atoms with Crippen LogP contribution in [0, 0.1) is 6.92 Å². The standard InChI is InChI=1S/C26H32N4O7/c1-4-21-27-24(33)30(25(34)28(21)3)26(36-22(31)23(32)37-26)11-12-29-18-9-10-19(29)14-20(13-18)35-15-17-8-6-5-7-16(17)2/h5-8,18-20H,4,9-15H2,1-3H3. The Balaban J connectivity index is 1.32. The molecule has 37 heavy (non-hydrogen) atoms. The maximum absolute atomic E-state index is 13.1. The molecule has 2 atom stereocenters. The highest BCUT2D eigenvalue weighted by Crippen LogP contribution is 2.39. The number of ether oxygens (including phenoxy) is 3. The first-order valence-corrected chi connectivity index (χ1v) is 12.8. The third-order valence-corrected chi connectivity index (χ3v) is 7.87. The summed E-state index contributed by atoms with van der Waals surface area (Å²) < 4.78 is 18.7. The van der Waals surface area contributed by atoms with Crippen molar-refractivity contribution in [1.82, 2.24) is 19.0 Å². The minimum Gasteiger partial charge on any atom is -0.394 e. The predicted octanol–water partition coefficient (Wildman–Crippen LogP) is 1.13. The highest BCUT2D eigenvalue weighted by atomic mass is 16.8. The van der Waals surface area contributed by atoms with Crippen molar-refractivity contribution in [3.63, 3.8) is 0 Å².